The van der Waals surface area contributed by atoms with Crippen LogP contribution in [0.2, 0.25) is 0 Å². The van der Waals surface area contributed by atoms with Crippen LogP contribution in [0.5, 0.6) is 0 Å². The van der Waals surface area contributed by atoms with Gasteiger partial charge in [0.2, 0.25) is 5.13 Å². The number of anilines is 1. The fourth-order valence-corrected chi connectivity index (χ4v) is 1.45. The number of aromatic nitrogens is 2. The summed E-state index contributed by atoms with van der Waals surface area (Å²) in [6.07, 6.45) is 0. The molecule has 0 radical (unpaired) electrons. The van der Waals surface area contributed by atoms with Crippen LogP contribution in [0, 0.1) is 6.92 Å². The Hall–Kier alpha value is -1.54. The molecule has 0 saturated carbocycles. The molecule has 1 atom stereocenters. The quantitative estimate of drug-likeness (QED) is 0.555. The lowest BCUT2D eigenvalue weighted by Crippen LogP contribution is -2.43. The molecule has 1 rings (SSSR count). The Morgan fingerprint density at radius 2 is 2.31 bits per heavy atom. The van der Waals surface area contributed by atoms with Crippen molar-refractivity contribution in [2.75, 3.05) is 11.9 Å². The molecular weight excluding hydrogens is 232 g/mol. The Kier molecular flexibility index (Phi) is 4.32. The van der Waals surface area contributed by atoms with Crippen LogP contribution in [0.3, 0.4) is 0 Å². The molecule has 0 saturated heterocycles. The topological polar surface area (TPSA) is 107 Å². The molecule has 0 bridgehead atoms. The highest BCUT2D eigenvalue weighted by Gasteiger charge is 2.24. The largest absolute Gasteiger partial charge is 0.464 e. The number of carbonyl (C=O) groups is 2. The molecule has 0 aromatic carbocycles. The Balaban J connectivity index is 2.55. The molecule has 7 nitrogen and oxygen atoms in total. The second-order valence-corrected chi connectivity index (χ2v) is 3.62. The van der Waals surface area contributed by atoms with Crippen molar-refractivity contribution in [2.45, 2.75) is 19.9 Å². The molecule has 16 heavy (non-hydrogen) atoms. The van der Waals surface area contributed by atoms with Gasteiger partial charge in [-0.25, -0.2) is 9.78 Å². The normalized spacial score (nSPS) is 11.9. The van der Waals surface area contributed by atoms with Gasteiger partial charge in [0.15, 0.2) is 6.04 Å². The Morgan fingerprint density at radius 1 is 1.62 bits per heavy atom. The molecule has 8 heteroatoms. The van der Waals surface area contributed by atoms with Gasteiger partial charge in [-0.2, -0.15) is 4.37 Å². The van der Waals surface area contributed by atoms with Crippen LogP contribution in [0.1, 0.15) is 12.7 Å². The van der Waals surface area contributed by atoms with E-state index in [0.717, 1.165) is 11.5 Å². The van der Waals surface area contributed by atoms with Crippen LogP contribution >= 0.6 is 11.5 Å². The van der Waals surface area contributed by atoms with E-state index in [9.17, 15) is 9.59 Å². The van der Waals surface area contributed by atoms with Crippen molar-refractivity contribution >= 4 is 28.5 Å². The van der Waals surface area contributed by atoms with E-state index in [1.54, 1.807) is 13.8 Å². The third-order valence-corrected chi connectivity index (χ3v) is 2.30. The highest BCUT2D eigenvalue weighted by atomic mass is 32.1. The summed E-state index contributed by atoms with van der Waals surface area (Å²) in [5, 5.41) is 2.69. The fraction of sp³-hybridized carbons (Fsp3) is 0.500. The predicted octanol–water partition coefficient (Wildman–Crippen LogP) is -0.325. The van der Waals surface area contributed by atoms with Crippen molar-refractivity contribution in [1.82, 2.24) is 9.36 Å². The van der Waals surface area contributed by atoms with Crippen LogP contribution in [-0.2, 0) is 14.3 Å². The monoisotopic (exact) mass is 244 g/mol. The number of nitrogens with one attached hydrogen (secondary N) is 1. The van der Waals surface area contributed by atoms with Gasteiger partial charge in [-0.05, 0) is 13.8 Å². The van der Waals surface area contributed by atoms with Crippen LogP contribution < -0.4 is 11.1 Å². The summed E-state index contributed by atoms with van der Waals surface area (Å²) >= 11 is 1.02. The number of ether oxygens (including phenoxy) is 1. The first kappa shape index (κ1) is 12.5. The van der Waals surface area contributed by atoms with Gasteiger partial charge in [0.25, 0.3) is 5.91 Å². The standard InChI is InChI=1S/C8H12N4O3S/c1-3-15-7(14)5(9)6(13)11-8-10-4(2)12-16-8/h5H,3,9H2,1-2H3,(H,10,11,12,13). The van der Waals surface area contributed by atoms with Gasteiger partial charge in [0, 0.05) is 11.5 Å². The maximum absolute atomic E-state index is 11.4. The fourth-order valence-electron chi connectivity index (χ4n) is 0.870. The number of amides is 1. The highest BCUT2D eigenvalue weighted by molar-refractivity contribution is 7.09. The summed E-state index contributed by atoms with van der Waals surface area (Å²) in [4.78, 5) is 26.5. The number of aryl methyl sites for hydroxylation is 1. The first-order chi connectivity index (χ1) is 7.54. The molecule has 0 aliphatic rings. The molecular formula is C8H12N4O3S. The van der Waals surface area contributed by atoms with E-state index in [2.05, 4.69) is 19.4 Å². The maximum Gasteiger partial charge on any atom is 0.332 e. The molecule has 3 N–H and O–H groups in total. The summed E-state index contributed by atoms with van der Waals surface area (Å²) in [5.41, 5.74) is 5.37. The summed E-state index contributed by atoms with van der Waals surface area (Å²) in [7, 11) is 0. The lowest BCUT2D eigenvalue weighted by Gasteiger charge is -2.08. The zero-order chi connectivity index (χ0) is 12.1. The number of rotatable bonds is 4. The first-order valence-corrected chi connectivity index (χ1v) is 5.35. The molecule has 1 amide bonds. The van der Waals surface area contributed by atoms with Crippen LogP contribution in [0.4, 0.5) is 5.13 Å². The minimum absolute atomic E-state index is 0.178. The number of nitrogens with two attached hydrogens (primary N) is 1. The molecule has 1 aromatic rings. The third-order valence-electron chi connectivity index (χ3n) is 1.58. The van der Waals surface area contributed by atoms with Crippen molar-refractivity contribution in [3.05, 3.63) is 5.82 Å². The average molecular weight is 244 g/mol. The lowest BCUT2D eigenvalue weighted by molar-refractivity contribution is -0.146. The van der Waals surface area contributed by atoms with Crippen molar-refractivity contribution in [3.8, 4) is 0 Å². The van der Waals surface area contributed by atoms with Gasteiger partial charge in [-0.1, -0.05) is 0 Å². The Labute approximate surface area is 96.2 Å². The van der Waals surface area contributed by atoms with Crippen molar-refractivity contribution in [1.29, 1.82) is 0 Å². The summed E-state index contributed by atoms with van der Waals surface area (Å²) < 4.78 is 8.48. The average Bonchev–Trinajstić information content (AvgIpc) is 2.63. The van der Waals surface area contributed by atoms with Gasteiger partial charge < -0.3 is 10.5 Å². The summed E-state index contributed by atoms with van der Waals surface area (Å²) in [6.45, 7) is 3.51. The lowest BCUT2D eigenvalue weighted by atomic mass is 10.3. The van der Waals surface area contributed by atoms with E-state index >= 15 is 0 Å². The third kappa shape index (κ3) is 3.24. The molecule has 0 aliphatic heterocycles. The Morgan fingerprint density at radius 3 is 2.81 bits per heavy atom. The Bertz CT molecular complexity index is 392. The zero-order valence-corrected chi connectivity index (χ0v) is 9.71. The van der Waals surface area contributed by atoms with Gasteiger partial charge in [-0.15, -0.1) is 0 Å². The number of hydrogen-bond donors (Lipinski definition) is 2. The number of esters is 1. The minimum atomic E-state index is -1.34. The first-order valence-electron chi connectivity index (χ1n) is 4.58. The van der Waals surface area contributed by atoms with Crippen LogP contribution in [-0.4, -0.2) is 33.9 Å². The number of nitrogens with zero attached hydrogens (tertiary/aromatic N) is 2. The number of hydrogen-bond acceptors (Lipinski definition) is 7. The molecule has 0 spiro atoms. The van der Waals surface area contributed by atoms with Gasteiger partial charge >= 0.3 is 5.97 Å². The maximum atomic E-state index is 11.4. The molecule has 0 fully saturated rings. The predicted molar refractivity (Wildman–Crippen MR) is 57.9 cm³/mol. The molecule has 0 aliphatic carbocycles. The van der Waals surface area contributed by atoms with E-state index < -0.39 is 17.9 Å². The van der Waals surface area contributed by atoms with Crippen molar-refractivity contribution < 1.29 is 14.3 Å². The summed E-state index contributed by atoms with van der Waals surface area (Å²) in [6, 6.07) is -1.34. The number of carbonyl (C=O) groups excluding carboxylic acids is 2. The van der Waals surface area contributed by atoms with Gasteiger partial charge in [-0.3, -0.25) is 10.1 Å². The van der Waals surface area contributed by atoms with Gasteiger partial charge in [0.05, 0.1) is 6.61 Å². The van der Waals surface area contributed by atoms with E-state index in [1.807, 2.05) is 0 Å². The minimum Gasteiger partial charge on any atom is -0.464 e. The molecule has 1 heterocycles. The smallest absolute Gasteiger partial charge is 0.332 e. The van der Waals surface area contributed by atoms with Crippen LogP contribution in [0.15, 0.2) is 0 Å². The van der Waals surface area contributed by atoms with Crippen molar-refractivity contribution in [2.24, 2.45) is 5.73 Å². The van der Waals surface area contributed by atoms with Crippen LogP contribution in [0.25, 0.3) is 0 Å². The SMILES string of the molecule is CCOC(=O)C(N)C(=O)Nc1nc(C)ns1. The van der Waals surface area contributed by atoms with E-state index in [1.165, 1.54) is 0 Å². The zero-order valence-electron chi connectivity index (χ0n) is 8.89. The highest BCUT2D eigenvalue weighted by Crippen LogP contribution is 2.10. The molecule has 1 unspecified atom stereocenters. The molecule has 1 aromatic heterocycles. The second kappa shape index (κ2) is 5.52. The van der Waals surface area contributed by atoms with Crippen molar-refractivity contribution in [3.63, 3.8) is 0 Å². The molecule has 88 valence electrons. The van der Waals surface area contributed by atoms with Gasteiger partial charge in [0.1, 0.15) is 5.82 Å². The van der Waals surface area contributed by atoms with E-state index in [0.29, 0.717) is 11.0 Å². The summed E-state index contributed by atoms with van der Waals surface area (Å²) in [5.74, 6) is -0.874. The van der Waals surface area contributed by atoms with E-state index in [-0.39, 0.29) is 6.61 Å². The second-order valence-electron chi connectivity index (χ2n) is 2.87. The van der Waals surface area contributed by atoms with E-state index in [4.69, 9.17) is 5.73 Å².